The standard InChI is InChI=1S/C13H26N2/c1-12(5-3-2-4-6-12)10-15-11-13(9-14)7-8-13/h15H,2-11,14H2,1H3. The highest BCUT2D eigenvalue weighted by Gasteiger charge is 2.41. The van der Waals surface area contributed by atoms with Crippen molar-refractivity contribution < 1.29 is 0 Å². The quantitative estimate of drug-likeness (QED) is 0.730. The normalized spacial score (nSPS) is 27.6. The van der Waals surface area contributed by atoms with Gasteiger partial charge in [-0.1, -0.05) is 26.2 Å². The van der Waals surface area contributed by atoms with E-state index in [4.69, 9.17) is 5.73 Å². The molecule has 2 rings (SSSR count). The van der Waals surface area contributed by atoms with Crippen molar-refractivity contribution in [2.24, 2.45) is 16.6 Å². The molecule has 0 heterocycles. The van der Waals surface area contributed by atoms with Crippen LogP contribution in [-0.4, -0.2) is 19.6 Å². The SMILES string of the molecule is CC1(CNCC2(CN)CC2)CCCCC1. The molecule has 2 aliphatic rings. The van der Waals surface area contributed by atoms with Crippen LogP contribution in [0.1, 0.15) is 51.9 Å². The number of hydrogen-bond acceptors (Lipinski definition) is 2. The van der Waals surface area contributed by atoms with Gasteiger partial charge in [-0.05, 0) is 43.1 Å². The highest BCUT2D eigenvalue weighted by atomic mass is 14.9. The van der Waals surface area contributed by atoms with Crippen LogP contribution in [-0.2, 0) is 0 Å². The van der Waals surface area contributed by atoms with Gasteiger partial charge < -0.3 is 11.1 Å². The number of nitrogens with one attached hydrogen (secondary N) is 1. The van der Waals surface area contributed by atoms with Crippen molar-refractivity contribution in [3.8, 4) is 0 Å². The van der Waals surface area contributed by atoms with Gasteiger partial charge in [-0.25, -0.2) is 0 Å². The maximum Gasteiger partial charge on any atom is 0.00201 e. The zero-order valence-corrected chi connectivity index (χ0v) is 10.1. The zero-order chi connectivity index (χ0) is 10.8. The number of hydrogen-bond donors (Lipinski definition) is 2. The summed E-state index contributed by atoms with van der Waals surface area (Å²) in [6.45, 7) is 5.67. The Labute approximate surface area is 94.0 Å². The highest BCUT2D eigenvalue weighted by Crippen LogP contribution is 2.44. The molecule has 0 bridgehead atoms. The molecule has 0 saturated heterocycles. The summed E-state index contributed by atoms with van der Waals surface area (Å²) in [5.41, 5.74) is 6.84. The van der Waals surface area contributed by atoms with Gasteiger partial charge in [0.15, 0.2) is 0 Å². The number of nitrogens with two attached hydrogens (primary N) is 1. The van der Waals surface area contributed by atoms with Gasteiger partial charge in [-0.3, -0.25) is 0 Å². The van der Waals surface area contributed by atoms with Gasteiger partial charge in [0.25, 0.3) is 0 Å². The first-order valence-electron chi connectivity index (χ1n) is 6.59. The first-order valence-corrected chi connectivity index (χ1v) is 6.59. The summed E-state index contributed by atoms with van der Waals surface area (Å²) >= 11 is 0. The van der Waals surface area contributed by atoms with Crippen molar-refractivity contribution in [1.29, 1.82) is 0 Å². The van der Waals surface area contributed by atoms with E-state index in [0.29, 0.717) is 10.8 Å². The predicted molar refractivity (Wildman–Crippen MR) is 64.8 cm³/mol. The van der Waals surface area contributed by atoms with Crippen molar-refractivity contribution in [2.45, 2.75) is 51.9 Å². The molecule has 2 saturated carbocycles. The van der Waals surface area contributed by atoms with Crippen LogP contribution in [0.5, 0.6) is 0 Å². The molecule has 0 atom stereocenters. The molecule has 2 aliphatic carbocycles. The molecule has 2 heteroatoms. The molecule has 0 aromatic rings. The largest absolute Gasteiger partial charge is 0.330 e. The minimum absolute atomic E-state index is 0.491. The average molecular weight is 210 g/mol. The minimum atomic E-state index is 0.491. The summed E-state index contributed by atoms with van der Waals surface area (Å²) in [6, 6.07) is 0. The second-order valence-corrected chi connectivity index (χ2v) is 6.18. The minimum Gasteiger partial charge on any atom is -0.330 e. The summed E-state index contributed by atoms with van der Waals surface area (Å²) < 4.78 is 0. The molecule has 88 valence electrons. The molecule has 0 aliphatic heterocycles. The first kappa shape index (κ1) is 11.4. The Morgan fingerprint density at radius 3 is 2.20 bits per heavy atom. The Bertz CT molecular complexity index is 203. The Hall–Kier alpha value is -0.0800. The van der Waals surface area contributed by atoms with E-state index in [1.54, 1.807) is 0 Å². The summed E-state index contributed by atoms with van der Waals surface area (Å²) in [6.07, 6.45) is 9.81. The third kappa shape index (κ3) is 2.94. The van der Waals surface area contributed by atoms with Gasteiger partial charge in [0, 0.05) is 13.1 Å². The molecule has 2 nitrogen and oxygen atoms in total. The second-order valence-electron chi connectivity index (χ2n) is 6.18. The molecule has 0 amide bonds. The molecular formula is C13H26N2. The fourth-order valence-electron chi connectivity index (χ4n) is 2.84. The molecule has 3 N–H and O–H groups in total. The van der Waals surface area contributed by atoms with E-state index in [9.17, 15) is 0 Å². The van der Waals surface area contributed by atoms with E-state index in [2.05, 4.69) is 12.2 Å². The van der Waals surface area contributed by atoms with Crippen molar-refractivity contribution in [2.75, 3.05) is 19.6 Å². The van der Waals surface area contributed by atoms with Gasteiger partial charge >= 0.3 is 0 Å². The Morgan fingerprint density at radius 2 is 1.67 bits per heavy atom. The lowest BCUT2D eigenvalue weighted by molar-refractivity contribution is 0.203. The fourth-order valence-corrected chi connectivity index (χ4v) is 2.84. The van der Waals surface area contributed by atoms with Crippen LogP contribution >= 0.6 is 0 Å². The summed E-state index contributed by atoms with van der Waals surface area (Å²) in [7, 11) is 0. The zero-order valence-electron chi connectivity index (χ0n) is 10.1. The molecule has 0 aromatic carbocycles. The fraction of sp³-hybridized carbons (Fsp3) is 1.00. The molecule has 0 spiro atoms. The topological polar surface area (TPSA) is 38.0 Å². The summed E-state index contributed by atoms with van der Waals surface area (Å²) in [5.74, 6) is 0. The summed E-state index contributed by atoms with van der Waals surface area (Å²) in [4.78, 5) is 0. The maximum absolute atomic E-state index is 5.78. The Balaban J connectivity index is 1.68. The molecule has 2 fully saturated rings. The molecule has 15 heavy (non-hydrogen) atoms. The monoisotopic (exact) mass is 210 g/mol. The molecule has 0 unspecified atom stereocenters. The van der Waals surface area contributed by atoms with E-state index in [-0.39, 0.29) is 0 Å². The predicted octanol–water partition coefficient (Wildman–Crippen LogP) is 2.29. The van der Waals surface area contributed by atoms with Crippen LogP contribution in [0.4, 0.5) is 0 Å². The first-order chi connectivity index (χ1) is 7.18. The third-order valence-corrected chi connectivity index (χ3v) is 4.50. The molecule has 0 aromatic heterocycles. The number of rotatable bonds is 5. The maximum atomic E-state index is 5.78. The van der Waals surface area contributed by atoms with Crippen molar-refractivity contribution in [3.05, 3.63) is 0 Å². The Kier molecular flexibility index (Phi) is 3.36. The van der Waals surface area contributed by atoms with E-state index >= 15 is 0 Å². The molecule has 0 radical (unpaired) electrons. The van der Waals surface area contributed by atoms with Gasteiger partial charge in [-0.2, -0.15) is 0 Å². The second kappa shape index (κ2) is 4.42. The smallest absolute Gasteiger partial charge is 0.00201 e. The van der Waals surface area contributed by atoms with Crippen LogP contribution in [0.25, 0.3) is 0 Å². The van der Waals surface area contributed by atoms with Crippen LogP contribution in [0.15, 0.2) is 0 Å². The lowest BCUT2D eigenvalue weighted by atomic mass is 9.75. The van der Waals surface area contributed by atoms with Crippen LogP contribution in [0.2, 0.25) is 0 Å². The van der Waals surface area contributed by atoms with Gasteiger partial charge in [0.1, 0.15) is 0 Å². The van der Waals surface area contributed by atoms with E-state index in [1.165, 1.54) is 51.5 Å². The molecular weight excluding hydrogens is 184 g/mol. The van der Waals surface area contributed by atoms with Gasteiger partial charge in [0.05, 0.1) is 0 Å². The van der Waals surface area contributed by atoms with E-state index in [0.717, 1.165) is 13.1 Å². The lowest BCUT2D eigenvalue weighted by Gasteiger charge is -2.34. The van der Waals surface area contributed by atoms with Crippen molar-refractivity contribution in [3.63, 3.8) is 0 Å². The average Bonchev–Trinajstić information content (AvgIpc) is 3.00. The van der Waals surface area contributed by atoms with Crippen LogP contribution < -0.4 is 11.1 Å². The van der Waals surface area contributed by atoms with Gasteiger partial charge in [-0.15, -0.1) is 0 Å². The Morgan fingerprint density at radius 1 is 1.00 bits per heavy atom. The summed E-state index contributed by atoms with van der Waals surface area (Å²) in [5, 5.41) is 3.67. The van der Waals surface area contributed by atoms with Crippen molar-refractivity contribution >= 4 is 0 Å². The van der Waals surface area contributed by atoms with Crippen LogP contribution in [0, 0.1) is 10.8 Å². The van der Waals surface area contributed by atoms with Crippen LogP contribution in [0.3, 0.4) is 0 Å². The lowest BCUT2D eigenvalue weighted by Crippen LogP contribution is -2.38. The van der Waals surface area contributed by atoms with E-state index in [1.807, 2.05) is 0 Å². The van der Waals surface area contributed by atoms with E-state index < -0.39 is 0 Å². The van der Waals surface area contributed by atoms with Crippen molar-refractivity contribution in [1.82, 2.24) is 5.32 Å². The third-order valence-electron chi connectivity index (χ3n) is 4.50. The highest BCUT2D eigenvalue weighted by molar-refractivity contribution is 4.96. The van der Waals surface area contributed by atoms with Gasteiger partial charge in [0.2, 0.25) is 0 Å².